The van der Waals surface area contributed by atoms with E-state index in [9.17, 15) is 9.59 Å². The lowest BCUT2D eigenvalue weighted by atomic mass is 9.96. The smallest absolute Gasteiger partial charge is 0.274 e. The Hall–Kier alpha value is -2.02. The SMILES string of the molecule is CN1CCC[C@H]1c1cncc(C(=O)N2CCC(C(N)=O)CC2)n1. The van der Waals surface area contributed by atoms with Gasteiger partial charge in [-0.25, -0.2) is 4.98 Å². The summed E-state index contributed by atoms with van der Waals surface area (Å²) < 4.78 is 0. The molecule has 0 saturated carbocycles. The van der Waals surface area contributed by atoms with Gasteiger partial charge in [-0.15, -0.1) is 0 Å². The van der Waals surface area contributed by atoms with Gasteiger partial charge < -0.3 is 10.6 Å². The largest absolute Gasteiger partial charge is 0.369 e. The Labute approximate surface area is 135 Å². The molecule has 1 atom stereocenters. The zero-order valence-corrected chi connectivity index (χ0v) is 13.4. The van der Waals surface area contributed by atoms with Crippen LogP contribution in [0, 0.1) is 5.92 Å². The van der Waals surface area contributed by atoms with Crippen LogP contribution in [0.5, 0.6) is 0 Å². The molecule has 23 heavy (non-hydrogen) atoms. The lowest BCUT2D eigenvalue weighted by Crippen LogP contribution is -2.42. The van der Waals surface area contributed by atoms with E-state index in [-0.39, 0.29) is 23.8 Å². The molecule has 0 aromatic carbocycles. The second-order valence-corrected chi connectivity index (χ2v) is 6.44. The van der Waals surface area contributed by atoms with Gasteiger partial charge in [0.1, 0.15) is 5.69 Å². The maximum Gasteiger partial charge on any atom is 0.274 e. The Balaban J connectivity index is 1.69. The van der Waals surface area contributed by atoms with Crippen LogP contribution >= 0.6 is 0 Å². The van der Waals surface area contributed by atoms with Gasteiger partial charge in [-0.1, -0.05) is 0 Å². The topological polar surface area (TPSA) is 92.4 Å². The van der Waals surface area contributed by atoms with E-state index in [1.807, 2.05) is 0 Å². The molecule has 0 aliphatic carbocycles. The van der Waals surface area contributed by atoms with E-state index >= 15 is 0 Å². The van der Waals surface area contributed by atoms with E-state index in [1.165, 1.54) is 6.20 Å². The summed E-state index contributed by atoms with van der Waals surface area (Å²) in [6.07, 6.45) is 6.72. The molecule has 7 heteroatoms. The van der Waals surface area contributed by atoms with Gasteiger partial charge in [0.25, 0.3) is 5.91 Å². The number of nitrogens with zero attached hydrogens (tertiary/aromatic N) is 4. The predicted molar refractivity (Wildman–Crippen MR) is 84.5 cm³/mol. The molecule has 0 radical (unpaired) electrons. The first kappa shape index (κ1) is 15.9. The number of piperidine rings is 1. The lowest BCUT2D eigenvalue weighted by Gasteiger charge is -2.30. The molecule has 124 valence electrons. The summed E-state index contributed by atoms with van der Waals surface area (Å²) in [5, 5.41) is 0. The van der Waals surface area contributed by atoms with E-state index in [2.05, 4.69) is 21.9 Å². The minimum atomic E-state index is -0.275. The highest BCUT2D eigenvalue weighted by molar-refractivity contribution is 5.92. The summed E-state index contributed by atoms with van der Waals surface area (Å²) in [5.41, 5.74) is 6.59. The summed E-state index contributed by atoms with van der Waals surface area (Å²) in [4.78, 5) is 36.6. The first-order valence-electron chi connectivity index (χ1n) is 8.17. The Morgan fingerprint density at radius 2 is 1.91 bits per heavy atom. The molecule has 7 nitrogen and oxygen atoms in total. The molecule has 1 aromatic rings. The molecule has 0 unspecified atom stereocenters. The molecular formula is C16H23N5O2. The van der Waals surface area contributed by atoms with Crippen LogP contribution in [0.2, 0.25) is 0 Å². The molecule has 3 heterocycles. The molecule has 2 aliphatic rings. The van der Waals surface area contributed by atoms with E-state index in [0.717, 1.165) is 25.1 Å². The number of carbonyl (C=O) groups excluding carboxylic acids is 2. The maximum atomic E-state index is 12.6. The third-order valence-electron chi connectivity index (χ3n) is 4.92. The van der Waals surface area contributed by atoms with Crippen LogP contribution in [0.4, 0.5) is 0 Å². The van der Waals surface area contributed by atoms with Crippen molar-refractivity contribution in [2.75, 3.05) is 26.7 Å². The molecule has 2 saturated heterocycles. The van der Waals surface area contributed by atoms with Crippen LogP contribution in [0.25, 0.3) is 0 Å². The molecule has 0 bridgehead atoms. The van der Waals surface area contributed by atoms with Crippen molar-refractivity contribution in [1.82, 2.24) is 19.8 Å². The van der Waals surface area contributed by atoms with Gasteiger partial charge in [-0.3, -0.25) is 19.5 Å². The average molecular weight is 317 g/mol. The number of primary amides is 1. The van der Waals surface area contributed by atoms with Crippen molar-refractivity contribution < 1.29 is 9.59 Å². The number of hydrogen-bond acceptors (Lipinski definition) is 5. The average Bonchev–Trinajstić information content (AvgIpc) is 3.00. The first-order chi connectivity index (χ1) is 11.1. The van der Waals surface area contributed by atoms with E-state index in [1.54, 1.807) is 11.1 Å². The third kappa shape index (κ3) is 3.34. The number of nitrogens with two attached hydrogens (primary N) is 1. The highest BCUT2D eigenvalue weighted by atomic mass is 16.2. The first-order valence-corrected chi connectivity index (χ1v) is 8.17. The van der Waals surface area contributed by atoms with E-state index in [0.29, 0.717) is 31.6 Å². The molecule has 1 aromatic heterocycles. The van der Waals surface area contributed by atoms with Crippen molar-refractivity contribution in [2.45, 2.75) is 31.7 Å². The number of amides is 2. The van der Waals surface area contributed by atoms with Crippen molar-refractivity contribution in [2.24, 2.45) is 11.7 Å². The molecule has 2 aliphatic heterocycles. The molecule has 2 fully saturated rings. The number of likely N-dealkylation sites (tertiary alicyclic amines) is 2. The van der Waals surface area contributed by atoms with Crippen molar-refractivity contribution in [3.63, 3.8) is 0 Å². The zero-order valence-electron chi connectivity index (χ0n) is 13.4. The van der Waals surface area contributed by atoms with Gasteiger partial charge in [-0.05, 0) is 39.3 Å². The van der Waals surface area contributed by atoms with Gasteiger partial charge in [0.15, 0.2) is 0 Å². The lowest BCUT2D eigenvalue weighted by molar-refractivity contribution is -0.123. The number of rotatable bonds is 3. The van der Waals surface area contributed by atoms with Crippen LogP contribution in [0.15, 0.2) is 12.4 Å². The fourth-order valence-electron chi connectivity index (χ4n) is 3.46. The predicted octanol–water partition coefficient (Wildman–Crippen LogP) is 0.581. The van der Waals surface area contributed by atoms with Gasteiger partial charge in [0, 0.05) is 19.0 Å². The van der Waals surface area contributed by atoms with Crippen molar-refractivity contribution in [3.05, 3.63) is 23.8 Å². The number of carbonyl (C=O) groups is 2. The monoisotopic (exact) mass is 317 g/mol. The van der Waals surface area contributed by atoms with E-state index in [4.69, 9.17) is 5.73 Å². The highest BCUT2D eigenvalue weighted by Crippen LogP contribution is 2.28. The Morgan fingerprint density at radius 1 is 1.17 bits per heavy atom. The summed E-state index contributed by atoms with van der Waals surface area (Å²) in [6, 6.07) is 0.246. The highest BCUT2D eigenvalue weighted by Gasteiger charge is 2.29. The summed E-state index contributed by atoms with van der Waals surface area (Å²) >= 11 is 0. The Kier molecular flexibility index (Phi) is 4.56. The van der Waals surface area contributed by atoms with Crippen molar-refractivity contribution >= 4 is 11.8 Å². The molecule has 2 amide bonds. The van der Waals surface area contributed by atoms with Crippen molar-refractivity contribution in [1.29, 1.82) is 0 Å². The number of aromatic nitrogens is 2. The zero-order chi connectivity index (χ0) is 16.4. The van der Waals surface area contributed by atoms with Gasteiger partial charge in [0.2, 0.25) is 5.91 Å². The minimum absolute atomic E-state index is 0.108. The maximum absolute atomic E-state index is 12.6. The second-order valence-electron chi connectivity index (χ2n) is 6.44. The molecular weight excluding hydrogens is 294 g/mol. The van der Waals surface area contributed by atoms with Gasteiger partial charge >= 0.3 is 0 Å². The molecule has 2 N–H and O–H groups in total. The second kappa shape index (κ2) is 6.62. The summed E-state index contributed by atoms with van der Waals surface area (Å²) in [5.74, 6) is -0.505. The summed E-state index contributed by atoms with van der Waals surface area (Å²) in [7, 11) is 2.07. The van der Waals surface area contributed by atoms with Crippen LogP contribution in [-0.4, -0.2) is 58.3 Å². The quantitative estimate of drug-likeness (QED) is 0.880. The minimum Gasteiger partial charge on any atom is -0.369 e. The normalized spacial score (nSPS) is 23.2. The van der Waals surface area contributed by atoms with Crippen LogP contribution < -0.4 is 5.73 Å². The van der Waals surface area contributed by atoms with Gasteiger partial charge in [0.05, 0.1) is 24.1 Å². The fourth-order valence-corrected chi connectivity index (χ4v) is 3.46. The Morgan fingerprint density at radius 3 is 2.52 bits per heavy atom. The Bertz CT molecular complexity index is 598. The fraction of sp³-hybridized carbons (Fsp3) is 0.625. The van der Waals surface area contributed by atoms with Crippen LogP contribution in [0.1, 0.15) is 47.9 Å². The van der Waals surface area contributed by atoms with Gasteiger partial charge in [-0.2, -0.15) is 0 Å². The third-order valence-corrected chi connectivity index (χ3v) is 4.92. The van der Waals surface area contributed by atoms with Crippen LogP contribution in [0.3, 0.4) is 0 Å². The van der Waals surface area contributed by atoms with E-state index < -0.39 is 0 Å². The number of hydrogen-bond donors (Lipinski definition) is 1. The summed E-state index contributed by atoms with van der Waals surface area (Å²) in [6.45, 7) is 2.13. The molecule has 0 spiro atoms. The van der Waals surface area contributed by atoms with Crippen molar-refractivity contribution in [3.8, 4) is 0 Å². The molecule has 3 rings (SSSR count). The van der Waals surface area contributed by atoms with Crippen LogP contribution in [-0.2, 0) is 4.79 Å². The standard InChI is InChI=1S/C16H23N5O2/c1-20-6-2-3-14(20)12-9-18-10-13(19-12)16(23)21-7-4-11(5-8-21)15(17)22/h9-11,14H,2-8H2,1H3,(H2,17,22)/t14-/m0/s1.